The van der Waals surface area contributed by atoms with Gasteiger partial charge in [0.25, 0.3) is 5.91 Å². The summed E-state index contributed by atoms with van der Waals surface area (Å²) in [6, 6.07) is 9.85. The fraction of sp³-hybridized carbons (Fsp3) is 0.211. The number of amides is 1. The number of benzene rings is 1. The predicted octanol–water partition coefficient (Wildman–Crippen LogP) is 2.73. The van der Waals surface area contributed by atoms with Gasteiger partial charge >= 0.3 is 11.6 Å². The van der Waals surface area contributed by atoms with Crippen molar-refractivity contribution >= 4 is 34.2 Å². The summed E-state index contributed by atoms with van der Waals surface area (Å²) in [5.74, 6) is -0.143. The van der Waals surface area contributed by atoms with Crippen LogP contribution in [0.15, 0.2) is 51.0 Å². The molecule has 0 fully saturated rings. The molecule has 0 aliphatic heterocycles. The van der Waals surface area contributed by atoms with Gasteiger partial charge in [-0.2, -0.15) is 0 Å². The van der Waals surface area contributed by atoms with Crippen LogP contribution < -0.4 is 15.7 Å². The first-order valence-corrected chi connectivity index (χ1v) is 9.03. The molecule has 0 saturated carbocycles. The van der Waals surface area contributed by atoms with Crippen LogP contribution >= 0.6 is 11.3 Å². The van der Waals surface area contributed by atoms with Crippen molar-refractivity contribution in [1.29, 1.82) is 0 Å². The number of hydrogen-bond donors (Lipinski definition) is 1. The highest BCUT2D eigenvalue weighted by Crippen LogP contribution is 2.23. The molecule has 27 heavy (non-hydrogen) atoms. The SMILES string of the molecule is COc1ccc2c(COC(=O)CCNC(=O)c3cccs3)cc(=O)oc2c1. The van der Waals surface area contributed by atoms with Gasteiger partial charge in [-0.3, -0.25) is 9.59 Å². The van der Waals surface area contributed by atoms with Crippen molar-refractivity contribution < 1.29 is 23.5 Å². The minimum atomic E-state index is -0.537. The summed E-state index contributed by atoms with van der Waals surface area (Å²) in [5.41, 5.74) is 0.362. The number of methoxy groups -OCH3 is 1. The number of ether oxygens (including phenoxy) is 2. The molecule has 3 aromatic rings. The fourth-order valence-electron chi connectivity index (χ4n) is 2.46. The maximum absolute atomic E-state index is 11.9. The molecule has 0 radical (unpaired) electrons. The number of carbonyl (C=O) groups is 2. The lowest BCUT2D eigenvalue weighted by atomic mass is 10.1. The van der Waals surface area contributed by atoms with E-state index in [1.165, 1.54) is 24.5 Å². The Morgan fingerprint density at radius 1 is 1.22 bits per heavy atom. The number of thiophene rings is 1. The van der Waals surface area contributed by atoms with Crippen LogP contribution in [0.5, 0.6) is 5.75 Å². The van der Waals surface area contributed by atoms with E-state index in [1.54, 1.807) is 35.7 Å². The Morgan fingerprint density at radius 2 is 2.07 bits per heavy atom. The third-order valence-electron chi connectivity index (χ3n) is 3.79. The Labute approximate surface area is 158 Å². The molecule has 0 atom stereocenters. The topological polar surface area (TPSA) is 94.8 Å². The number of nitrogens with one attached hydrogen (secondary N) is 1. The molecule has 3 rings (SSSR count). The van der Waals surface area contributed by atoms with Crippen molar-refractivity contribution in [2.45, 2.75) is 13.0 Å². The molecule has 0 bridgehead atoms. The van der Waals surface area contributed by atoms with E-state index in [0.29, 0.717) is 27.2 Å². The van der Waals surface area contributed by atoms with E-state index in [-0.39, 0.29) is 25.5 Å². The lowest BCUT2D eigenvalue weighted by Gasteiger charge is -2.08. The summed E-state index contributed by atoms with van der Waals surface area (Å²) in [5, 5.41) is 5.12. The van der Waals surface area contributed by atoms with Crippen LogP contribution in [-0.4, -0.2) is 25.5 Å². The van der Waals surface area contributed by atoms with E-state index in [0.717, 1.165) is 0 Å². The van der Waals surface area contributed by atoms with E-state index in [1.807, 2.05) is 0 Å². The molecule has 1 aromatic carbocycles. The summed E-state index contributed by atoms with van der Waals surface area (Å²) in [4.78, 5) is 36.0. The molecule has 8 heteroatoms. The zero-order chi connectivity index (χ0) is 19.2. The second-order valence-electron chi connectivity index (χ2n) is 5.60. The van der Waals surface area contributed by atoms with Crippen molar-refractivity contribution in [2.24, 2.45) is 0 Å². The highest BCUT2D eigenvalue weighted by atomic mass is 32.1. The van der Waals surface area contributed by atoms with Crippen molar-refractivity contribution in [2.75, 3.05) is 13.7 Å². The van der Waals surface area contributed by atoms with Gasteiger partial charge in [-0.15, -0.1) is 11.3 Å². The van der Waals surface area contributed by atoms with Gasteiger partial charge < -0.3 is 19.2 Å². The van der Waals surface area contributed by atoms with Crippen molar-refractivity contribution in [3.05, 3.63) is 62.6 Å². The number of hydrogen-bond acceptors (Lipinski definition) is 7. The monoisotopic (exact) mass is 387 g/mol. The molecule has 0 saturated heterocycles. The average Bonchev–Trinajstić information content (AvgIpc) is 3.20. The molecule has 1 N–H and O–H groups in total. The second-order valence-corrected chi connectivity index (χ2v) is 6.54. The van der Waals surface area contributed by atoms with E-state index >= 15 is 0 Å². The first-order valence-electron chi connectivity index (χ1n) is 8.15. The van der Waals surface area contributed by atoms with Crippen LogP contribution in [0.1, 0.15) is 21.7 Å². The van der Waals surface area contributed by atoms with Crippen LogP contribution in [0.2, 0.25) is 0 Å². The summed E-state index contributed by atoms with van der Waals surface area (Å²) >= 11 is 1.33. The van der Waals surface area contributed by atoms with E-state index in [9.17, 15) is 14.4 Å². The van der Waals surface area contributed by atoms with Gasteiger partial charge in [0.1, 0.15) is 17.9 Å². The number of carbonyl (C=O) groups excluding carboxylic acids is 2. The molecule has 0 aliphatic carbocycles. The molecule has 7 nitrogen and oxygen atoms in total. The largest absolute Gasteiger partial charge is 0.497 e. The second kappa shape index (κ2) is 8.50. The fourth-order valence-corrected chi connectivity index (χ4v) is 3.10. The summed E-state index contributed by atoms with van der Waals surface area (Å²) < 4.78 is 15.5. The smallest absolute Gasteiger partial charge is 0.336 e. The van der Waals surface area contributed by atoms with Gasteiger partial charge in [0.2, 0.25) is 0 Å². The van der Waals surface area contributed by atoms with Crippen LogP contribution in [-0.2, 0) is 16.1 Å². The van der Waals surface area contributed by atoms with Gasteiger partial charge in [-0.05, 0) is 23.6 Å². The average molecular weight is 387 g/mol. The van der Waals surface area contributed by atoms with Gasteiger partial charge in [0.15, 0.2) is 0 Å². The molecule has 1 amide bonds. The molecule has 0 aliphatic rings. The van der Waals surface area contributed by atoms with Gasteiger partial charge in [0.05, 0.1) is 18.4 Å². The Balaban J connectivity index is 1.57. The molecule has 2 aromatic heterocycles. The maximum Gasteiger partial charge on any atom is 0.336 e. The van der Waals surface area contributed by atoms with Crippen molar-refractivity contribution in [1.82, 2.24) is 5.32 Å². The lowest BCUT2D eigenvalue weighted by Crippen LogP contribution is -2.25. The summed E-state index contributed by atoms with van der Waals surface area (Å²) in [6.45, 7) is 0.108. The number of esters is 1. The minimum absolute atomic E-state index is 0.0321. The van der Waals surface area contributed by atoms with E-state index in [2.05, 4.69) is 5.32 Å². The summed E-state index contributed by atoms with van der Waals surface area (Å²) in [7, 11) is 1.52. The first kappa shape index (κ1) is 18.7. The van der Waals surface area contributed by atoms with Crippen LogP contribution in [0, 0.1) is 0 Å². The molecule has 140 valence electrons. The Kier molecular flexibility index (Phi) is 5.87. The third kappa shape index (κ3) is 4.73. The first-order chi connectivity index (χ1) is 13.1. The van der Waals surface area contributed by atoms with E-state index in [4.69, 9.17) is 13.9 Å². The van der Waals surface area contributed by atoms with Crippen LogP contribution in [0.3, 0.4) is 0 Å². The van der Waals surface area contributed by atoms with Crippen molar-refractivity contribution in [3.8, 4) is 5.75 Å². The Morgan fingerprint density at radius 3 is 2.81 bits per heavy atom. The molecule has 0 spiro atoms. The normalized spacial score (nSPS) is 10.6. The number of rotatable bonds is 7. The molecular formula is C19H17NO6S. The molecule has 2 heterocycles. The third-order valence-corrected chi connectivity index (χ3v) is 4.65. The quantitative estimate of drug-likeness (QED) is 0.495. The standard InChI is InChI=1S/C19H17NO6S/c1-24-13-4-5-14-12(9-18(22)26-15(14)10-13)11-25-17(21)6-7-20-19(23)16-3-2-8-27-16/h2-5,8-10H,6-7,11H2,1H3,(H,20,23). The highest BCUT2D eigenvalue weighted by molar-refractivity contribution is 7.12. The van der Waals surface area contributed by atoms with E-state index < -0.39 is 11.6 Å². The zero-order valence-corrected chi connectivity index (χ0v) is 15.3. The minimum Gasteiger partial charge on any atom is -0.497 e. The zero-order valence-electron chi connectivity index (χ0n) is 14.5. The molecule has 0 unspecified atom stereocenters. The van der Waals surface area contributed by atoms with Gasteiger partial charge in [-0.25, -0.2) is 4.79 Å². The lowest BCUT2D eigenvalue weighted by molar-refractivity contribution is -0.144. The summed E-state index contributed by atoms with van der Waals surface area (Å²) in [6.07, 6.45) is 0.0321. The van der Waals surface area contributed by atoms with Crippen LogP contribution in [0.4, 0.5) is 0 Å². The Bertz CT molecular complexity index is 1010. The predicted molar refractivity (Wildman–Crippen MR) is 100 cm³/mol. The Hall–Kier alpha value is -3.13. The van der Waals surface area contributed by atoms with Crippen LogP contribution in [0.25, 0.3) is 11.0 Å². The van der Waals surface area contributed by atoms with Gasteiger partial charge in [-0.1, -0.05) is 6.07 Å². The van der Waals surface area contributed by atoms with Crippen molar-refractivity contribution in [3.63, 3.8) is 0 Å². The highest BCUT2D eigenvalue weighted by Gasteiger charge is 2.11. The molecular weight excluding hydrogens is 370 g/mol. The van der Waals surface area contributed by atoms with Gasteiger partial charge in [0, 0.05) is 29.6 Å². The number of fused-ring (bicyclic) bond motifs is 1. The maximum atomic E-state index is 11.9.